The van der Waals surface area contributed by atoms with Crippen LogP contribution in [0.25, 0.3) is 0 Å². The SMILES string of the molecule is CCC(=O)OCCC[O]. The highest BCUT2D eigenvalue weighted by atomic mass is 16.5. The standard InChI is InChI=1S/C6H11O3/c1-2-6(8)9-5-3-4-7/h2-5H2,1H3. The monoisotopic (exact) mass is 131 g/mol. The molecule has 3 nitrogen and oxygen atoms in total. The highest BCUT2D eigenvalue weighted by Crippen LogP contribution is 1.85. The van der Waals surface area contributed by atoms with E-state index in [4.69, 9.17) is 0 Å². The number of hydrogen-bond acceptors (Lipinski definition) is 2. The second-order valence-electron chi connectivity index (χ2n) is 1.63. The summed E-state index contributed by atoms with van der Waals surface area (Å²) in [6.45, 7) is 1.83. The number of esters is 1. The molecule has 0 saturated heterocycles. The topological polar surface area (TPSA) is 46.2 Å². The maximum absolute atomic E-state index is 10.4. The van der Waals surface area contributed by atoms with Crippen molar-refractivity contribution >= 4 is 5.97 Å². The van der Waals surface area contributed by atoms with E-state index in [0.29, 0.717) is 12.8 Å². The number of hydrogen-bond donors (Lipinski definition) is 0. The summed E-state index contributed by atoms with van der Waals surface area (Å²) in [5, 5.41) is 9.81. The van der Waals surface area contributed by atoms with Gasteiger partial charge in [0.1, 0.15) is 0 Å². The Balaban J connectivity index is 2.97. The lowest BCUT2D eigenvalue weighted by Gasteiger charge is -1.98. The van der Waals surface area contributed by atoms with E-state index in [1.807, 2.05) is 0 Å². The molecular formula is C6H11O3. The molecule has 0 spiro atoms. The third kappa shape index (κ3) is 5.30. The molecule has 0 rings (SSSR count). The van der Waals surface area contributed by atoms with E-state index in [9.17, 15) is 9.90 Å². The van der Waals surface area contributed by atoms with E-state index in [1.165, 1.54) is 0 Å². The number of carbonyl (C=O) groups is 1. The quantitative estimate of drug-likeness (QED) is 0.417. The molecule has 0 bridgehead atoms. The van der Waals surface area contributed by atoms with Gasteiger partial charge in [0.15, 0.2) is 0 Å². The number of ether oxygens (including phenoxy) is 1. The predicted molar refractivity (Wildman–Crippen MR) is 31.4 cm³/mol. The van der Waals surface area contributed by atoms with E-state index in [-0.39, 0.29) is 19.2 Å². The summed E-state index contributed by atoms with van der Waals surface area (Å²) in [6.07, 6.45) is 0.810. The molecule has 9 heavy (non-hydrogen) atoms. The fourth-order valence-corrected chi connectivity index (χ4v) is 0.347. The predicted octanol–water partition coefficient (Wildman–Crippen LogP) is 0.760. The smallest absolute Gasteiger partial charge is 0.305 e. The highest BCUT2D eigenvalue weighted by Gasteiger charge is 1.95. The highest BCUT2D eigenvalue weighted by molar-refractivity contribution is 5.68. The lowest BCUT2D eigenvalue weighted by molar-refractivity contribution is -0.143. The van der Waals surface area contributed by atoms with Crippen molar-refractivity contribution in [2.45, 2.75) is 19.8 Å². The van der Waals surface area contributed by atoms with Crippen LogP contribution in [0.15, 0.2) is 0 Å². The van der Waals surface area contributed by atoms with E-state index in [0.717, 1.165) is 0 Å². The normalized spacial score (nSPS) is 9.11. The molecule has 0 amide bonds. The van der Waals surface area contributed by atoms with Crippen LogP contribution in [0.2, 0.25) is 0 Å². The van der Waals surface area contributed by atoms with Crippen LogP contribution >= 0.6 is 0 Å². The molecule has 0 aliphatic heterocycles. The lowest BCUT2D eigenvalue weighted by atomic mass is 10.5. The maximum atomic E-state index is 10.4. The minimum absolute atomic E-state index is 0.170. The van der Waals surface area contributed by atoms with Crippen molar-refractivity contribution in [2.24, 2.45) is 0 Å². The Kier molecular flexibility index (Phi) is 5.21. The zero-order chi connectivity index (χ0) is 7.11. The molecular weight excluding hydrogens is 120 g/mol. The van der Waals surface area contributed by atoms with Crippen LogP contribution in [0, 0.1) is 0 Å². The average molecular weight is 131 g/mol. The summed E-state index contributed by atoms with van der Waals surface area (Å²) in [6, 6.07) is 0. The lowest BCUT2D eigenvalue weighted by Crippen LogP contribution is -2.04. The molecule has 0 unspecified atom stereocenters. The molecule has 0 aromatic rings. The molecule has 3 heteroatoms. The van der Waals surface area contributed by atoms with Gasteiger partial charge >= 0.3 is 5.97 Å². The number of rotatable bonds is 4. The first-order valence-corrected chi connectivity index (χ1v) is 3.05. The second-order valence-corrected chi connectivity index (χ2v) is 1.63. The summed E-state index contributed by atoms with van der Waals surface area (Å²) in [4.78, 5) is 10.4. The summed E-state index contributed by atoms with van der Waals surface area (Å²) in [5.41, 5.74) is 0. The van der Waals surface area contributed by atoms with Crippen LogP contribution in [0.5, 0.6) is 0 Å². The van der Waals surface area contributed by atoms with Crippen molar-refractivity contribution in [3.05, 3.63) is 0 Å². The van der Waals surface area contributed by atoms with Gasteiger partial charge in [-0.25, -0.2) is 5.11 Å². The maximum Gasteiger partial charge on any atom is 0.305 e. The Bertz CT molecular complexity index is 80.4. The Hall–Kier alpha value is -0.570. The molecule has 0 heterocycles. The van der Waals surface area contributed by atoms with Gasteiger partial charge in [0.05, 0.1) is 13.2 Å². The molecule has 0 aliphatic rings. The fraction of sp³-hybridized carbons (Fsp3) is 0.833. The van der Waals surface area contributed by atoms with Gasteiger partial charge in [-0.1, -0.05) is 6.92 Å². The zero-order valence-electron chi connectivity index (χ0n) is 5.55. The second kappa shape index (κ2) is 5.56. The summed E-state index contributed by atoms with van der Waals surface area (Å²) in [5.74, 6) is -0.233. The van der Waals surface area contributed by atoms with Gasteiger partial charge in [-0.05, 0) is 0 Å². The van der Waals surface area contributed by atoms with Crippen molar-refractivity contribution < 1.29 is 14.6 Å². The van der Waals surface area contributed by atoms with Crippen molar-refractivity contribution in [3.8, 4) is 0 Å². The van der Waals surface area contributed by atoms with E-state index in [2.05, 4.69) is 4.74 Å². The Morgan fingerprint density at radius 1 is 1.56 bits per heavy atom. The van der Waals surface area contributed by atoms with Gasteiger partial charge < -0.3 is 4.74 Å². The Morgan fingerprint density at radius 2 is 2.22 bits per heavy atom. The minimum atomic E-state index is -0.233. The van der Waals surface area contributed by atoms with Gasteiger partial charge in [-0.3, -0.25) is 4.79 Å². The Morgan fingerprint density at radius 3 is 2.67 bits per heavy atom. The third-order valence-corrected chi connectivity index (χ3v) is 0.840. The molecule has 0 aromatic heterocycles. The number of carbonyl (C=O) groups excluding carboxylic acids is 1. The van der Waals surface area contributed by atoms with Gasteiger partial charge in [0.25, 0.3) is 0 Å². The van der Waals surface area contributed by atoms with Gasteiger partial charge in [-0.2, -0.15) is 0 Å². The van der Waals surface area contributed by atoms with Crippen LogP contribution in [0.4, 0.5) is 0 Å². The van der Waals surface area contributed by atoms with E-state index < -0.39 is 0 Å². The van der Waals surface area contributed by atoms with Gasteiger partial charge in [-0.15, -0.1) is 0 Å². The van der Waals surface area contributed by atoms with Crippen LogP contribution < -0.4 is 0 Å². The first-order chi connectivity index (χ1) is 4.31. The largest absolute Gasteiger partial charge is 0.466 e. The van der Waals surface area contributed by atoms with Crippen LogP contribution in [0.1, 0.15) is 19.8 Å². The molecule has 1 radical (unpaired) electrons. The van der Waals surface area contributed by atoms with E-state index in [1.54, 1.807) is 6.92 Å². The first kappa shape index (κ1) is 8.43. The van der Waals surface area contributed by atoms with Gasteiger partial charge in [0.2, 0.25) is 0 Å². The minimum Gasteiger partial charge on any atom is -0.466 e. The van der Waals surface area contributed by atoms with E-state index >= 15 is 0 Å². The van der Waals surface area contributed by atoms with Crippen molar-refractivity contribution in [1.82, 2.24) is 0 Å². The zero-order valence-corrected chi connectivity index (χ0v) is 5.55. The van der Waals surface area contributed by atoms with Crippen molar-refractivity contribution in [3.63, 3.8) is 0 Å². The molecule has 53 valence electrons. The fourth-order valence-electron chi connectivity index (χ4n) is 0.347. The van der Waals surface area contributed by atoms with Crippen molar-refractivity contribution in [1.29, 1.82) is 0 Å². The molecule has 0 aliphatic carbocycles. The first-order valence-electron chi connectivity index (χ1n) is 3.05. The van der Waals surface area contributed by atoms with Crippen LogP contribution in [0.3, 0.4) is 0 Å². The third-order valence-electron chi connectivity index (χ3n) is 0.840. The van der Waals surface area contributed by atoms with Gasteiger partial charge in [0, 0.05) is 12.8 Å². The molecule has 0 N–H and O–H groups in total. The van der Waals surface area contributed by atoms with Crippen LogP contribution in [-0.2, 0) is 14.6 Å². The molecule has 0 atom stereocenters. The molecule has 0 saturated carbocycles. The summed E-state index contributed by atoms with van der Waals surface area (Å²) in [7, 11) is 0. The Labute approximate surface area is 54.6 Å². The summed E-state index contributed by atoms with van der Waals surface area (Å²) < 4.78 is 4.59. The average Bonchev–Trinajstić information content (AvgIpc) is 1.89. The van der Waals surface area contributed by atoms with Crippen LogP contribution in [-0.4, -0.2) is 19.2 Å². The molecule has 0 aromatic carbocycles. The summed E-state index contributed by atoms with van der Waals surface area (Å²) >= 11 is 0. The molecule has 0 fully saturated rings. The van der Waals surface area contributed by atoms with Crippen molar-refractivity contribution in [2.75, 3.05) is 13.2 Å².